The first-order valence-electron chi connectivity index (χ1n) is 19.5. The second kappa shape index (κ2) is 17.2. The summed E-state index contributed by atoms with van der Waals surface area (Å²) in [7, 11) is 4.65. The van der Waals surface area contributed by atoms with E-state index < -0.39 is 11.9 Å². The van der Waals surface area contributed by atoms with E-state index in [2.05, 4.69) is 70.7 Å². The summed E-state index contributed by atoms with van der Waals surface area (Å²) in [5.74, 6) is -0.0195. The predicted octanol–water partition coefficient (Wildman–Crippen LogP) is 8.17. The molecule has 55 heavy (non-hydrogen) atoms. The van der Waals surface area contributed by atoms with Crippen molar-refractivity contribution in [3.63, 3.8) is 0 Å². The smallest absolute Gasteiger partial charge is 0.338 e. The molecule has 0 radical (unpaired) electrons. The molecule has 5 aromatic rings. The van der Waals surface area contributed by atoms with Crippen molar-refractivity contribution in [1.82, 2.24) is 19.4 Å². The first kappa shape index (κ1) is 38.3. The lowest BCUT2D eigenvalue weighted by Gasteiger charge is -2.42. The minimum absolute atomic E-state index is 0.132. The summed E-state index contributed by atoms with van der Waals surface area (Å²) < 4.78 is 30.6. The predicted molar refractivity (Wildman–Crippen MR) is 212 cm³/mol. The number of rotatable bonds is 15. The van der Waals surface area contributed by atoms with Crippen molar-refractivity contribution in [3.8, 4) is 22.8 Å². The molecule has 2 aliphatic carbocycles. The van der Waals surface area contributed by atoms with Gasteiger partial charge in [0.1, 0.15) is 11.9 Å². The molecule has 3 heterocycles. The van der Waals surface area contributed by atoms with Gasteiger partial charge in [-0.05, 0) is 101 Å². The lowest BCUT2D eigenvalue weighted by molar-refractivity contribution is -0.111. The van der Waals surface area contributed by atoms with E-state index in [-0.39, 0.29) is 23.3 Å². The van der Waals surface area contributed by atoms with Gasteiger partial charge < -0.3 is 28.3 Å². The third-order valence-electron chi connectivity index (χ3n) is 11.3. The van der Waals surface area contributed by atoms with Gasteiger partial charge >= 0.3 is 11.9 Å². The van der Waals surface area contributed by atoms with E-state index in [0.29, 0.717) is 36.4 Å². The van der Waals surface area contributed by atoms with E-state index in [1.165, 1.54) is 36.7 Å². The largest absolute Gasteiger partial charge is 0.494 e. The summed E-state index contributed by atoms with van der Waals surface area (Å²) in [5.41, 5.74) is 4.82. The van der Waals surface area contributed by atoms with Gasteiger partial charge in [-0.1, -0.05) is 12.1 Å². The van der Waals surface area contributed by atoms with Crippen LogP contribution >= 0.6 is 0 Å². The molecule has 0 spiro atoms. The van der Waals surface area contributed by atoms with E-state index in [9.17, 15) is 9.59 Å². The number of esters is 2. The Labute approximate surface area is 322 Å². The van der Waals surface area contributed by atoms with Crippen LogP contribution in [-0.2, 0) is 21.3 Å². The van der Waals surface area contributed by atoms with Crippen LogP contribution in [-0.4, -0.2) is 89.1 Å². The van der Waals surface area contributed by atoms with Crippen LogP contribution < -0.4 is 9.47 Å². The Kier molecular flexibility index (Phi) is 12.0. The van der Waals surface area contributed by atoms with Gasteiger partial charge in [-0.3, -0.25) is 9.88 Å². The molecule has 3 aromatic heterocycles. The van der Waals surface area contributed by atoms with E-state index in [1.54, 1.807) is 12.1 Å². The molecule has 7 rings (SSSR count). The molecule has 0 bridgehead atoms. The molecule has 11 heteroatoms. The number of carbonyl (C=O) groups is 2. The maximum absolute atomic E-state index is 12.2. The van der Waals surface area contributed by atoms with Crippen LogP contribution in [0.2, 0.25) is 0 Å². The maximum atomic E-state index is 12.2. The van der Waals surface area contributed by atoms with E-state index in [0.717, 1.165) is 74.4 Å². The monoisotopic (exact) mass is 748 g/mol. The van der Waals surface area contributed by atoms with Crippen LogP contribution in [0.15, 0.2) is 73.2 Å². The molecule has 0 N–H and O–H groups in total. The van der Waals surface area contributed by atoms with Crippen LogP contribution in [0.5, 0.6) is 11.6 Å². The van der Waals surface area contributed by atoms with E-state index in [1.807, 2.05) is 24.7 Å². The quantitative estimate of drug-likeness (QED) is 0.0768. The Morgan fingerprint density at radius 3 is 2.29 bits per heavy atom. The maximum Gasteiger partial charge on any atom is 0.338 e. The Balaban J connectivity index is 0.813. The van der Waals surface area contributed by atoms with Gasteiger partial charge in [-0.25, -0.2) is 14.6 Å². The van der Waals surface area contributed by atoms with E-state index >= 15 is 0 Å². The fraction of sp³-hybridized carbons (Fsp3) is 0.455. The molecule has 0 aliphatic heterocycles. The van der Waals surface area contributed by atoms with Gasteiger partial charge in [-0.15, -0.1) is 0 Å². The van der Waals surface area contributed by atoms with Gasteiger partial charge in [0.05, 0.1) is 49.7 Å². The fourth-order valence-corrected chi connectivity index (χ4v) is 8.16. The highest BCUT2D eigenvalue weighted by atomic mass is 16.5. The summed E-state index contributed by atoms with van der Waals surface area (Å²) in [5, 5.41) is 2.36. The lowest BCUT2D eigenvalue weighted by Crippen LogP contribution is -2.46. The van der Waals surface area contributed by atoms with Crippen LogP contribution in [0.1, 0.15) is 85.9 Å². The minimum atomic E-state index is -0.606. The number of aromatic nitrogens is 3. The molecule has 2 saturated carbocycles. The van der Waals surface area contributed by atoms with Crippen LogP contribution in [0.25, 0.3) is 32.9 Å². The molecule has 2 aliphatic rings. The Bertz CT molecular complexity index is 2100. The van der Waals surface area contributed by atoms with Crippen LogP contribution in [0.4, 0.5) is 0 Å². The number of fused-ring (bicyclic) bond motifs is 3. The second-order valence-electron chi connectivity index (χ2n) is 15.0. The summed E-state index contributed by atoms with van der Waals surface area (Å²) in [6.07, 6.45) is 14.4. The molecule has 0 amide bonds. The van der Waals surface area contributed by atoms with Crippen LogP contribution in [0.3, 0.4) is 0 Å². The topological polar surface area (TPSA) is 114 Å². The number of ether oxygens (including phenoxy) is 5. The average Bonchev–Trinajstić information content (AvgIpc) is 3.48. The molecule has 11 nitrogen and oxygen atoms in total. The Morgan fingerprint density at radius 1 is 0.800 bits per heavy atom. The van der Waals surface area contributed by atoms with Crippen molar-refractivity contribution < 1.29 is 33.3 Å². The Morgan fingerprint density at radius 2 is 1.56 bits per heavy atom. The Hall–Kier alpha value is -5.00. The number of pyridine rings is 2. The molecule has 0 unspecified atom stereocenters. The van der Waals surface area contributed by atoms with Crippen molar-refractivity contribution in [2.75, 3.05) is 27.4 Å². The first-order chi connectivity index (χ1) is 26.7. The van der Waals surface area contributed by atoms with E-state index in [4.69, 9.17) is 23.7 Å². The molecule has 2 fully saturated rings. The fourth-order valence-electron chi connectivity index (χ4n) is 8.16. The molecule has 2 aromatic carbocycles. The standard InChI is InChI=1S/C44H52N4O7/c1-28(2)48(20-6-7-21-53-33-14-16-37(43(49)51-4)38(25-33)44(50)52-5)31-10-12-32(13-11-31)54-34-23-35(24-34)55-42-17-9-30(26-46-42)29-8-15-36-39-27-45-19-18-40(39)47(3)41(36)22-29/h8-9,14-19,22,25-28,31-32,34-35H,6-7,10-13,20-21,23-24H2,1-5H3. The van der Waals surface area contributed by atoms with Crippen molar-refractivity contribution in [3.05, 3.63) is 84.3 Å². The molecule has 0 atom stereocenters. The zero-order chi connectivity index (χ0) is 38.5. The summed E-state index contributed by atoms with van der Waals surface area (Å²) in [6.45, 7) is 6.06. The van der Waals surface area contributed by atoms with Crippen molar-refractivity contribution in [2.24, 2.45) is 7.05 Å². The number of hydrogen-bond acceptors (Lipinski definition) is 10. The number of aryl methyl sites for hydroxylation is 1. The number of methoxy groups -OCH3 is 2. The third kappa shape index (κ3) is 8.63. The zero-order valence-corrected chi connectivity index (χ0v) is 32.5. The third-order valence-corrected chi connectivity index (χ3v) is 11.3. The normalized spacial score (nSPS) is 19.8. The first-order valence-corrected chi connectivity index (χ1v) is 19.5. The highest BCUT2D eigenvalue weighted by molar-refractivity contribution is 6.08. The van der Waals surface area contributed by atoms with Crippen molar-refractivity contribution in [2.45, 2.75) is 95.6 Å². The number of unbranched alkanes of at least 4 members (excludes halogenated alkanes) is 1. The summed E-state index contributed by atoms with van der Waals surface area (Å²) >= 11 is 0. The second-order valence-corrected chi connectivity index (χ2v) is 15.0. The van der Waals surface area contributed by atoms with Crippen LogP contribution in [0, 0.1) is 0 Å². The summed E-state index contributed by atoms with van der Waals surface area (Å²) in [6, 6.07) is 18.4. The molecular formula is C44H52N4O7. The molecular weight excluding hydrogens is 697 g/mol. The highest BCUT2D eigenvalue weighted by Crippen LogP contribution is 2.35. The number of hydrogen-bond donors (Lipinski definition) is 0. The van der Waals surface area contributed by atoms with Gasteiger partial charge in [0.25, 0.3) is 0 Å². The SMILES string of the molecule is COC(=O)c1ccc(OCCCCN(C(C)C)C2CCC(OC3CC(Oc4ccc(-c5ccc6c7cnccc7n(C)c6c5)cn4)C3)CC2)cc1C(=O)OC. The van der Waals surface area contributed by atoms with Crippen molar-refractivity contribution >= 4 is 33.7 Å². The van der Waals surface area contributed by atoms with Gasteiger partial charge in [-0.2, -0.15) is 0 Å². The van der Waals surface area contributed by atoms with Gasteiger partial charge in [0.15, 0.2) is 0 Å². The minimum Gasteiger partial charge on any atom is -0.494 e. The molecule has 290 valence electrons. The zero-order valence-electron chi connectivity index (χ0n) is 32.5. The molecule has 0 saturated heterocycles. The van der Waals surface area contributed by atoms with Crippen molar-refractivity contribution in [1.29, 1.82) is 0 Å². The van der Waals surface area contributed by atoms with Gasteiger partial charge in [0.2, 0.25) is 5.88 Å². The lowest BCUT2D eigenvalue weighted by atomic mass is 9.88. The van der Waals surface area contributed by atoms with Gasteiger partial charge in [0, 0.05) is 78.5 Å². The number of nitrogens with zero attached hydrogens (tertiary/aromatic N) is 4. The number of carbonyl (C=O) groups excluding carboxylic acids is 2. The number of benzene rings is 2. The highest BCUT2D eigenvalue weighted by Gasteiger charge is 2.36. The average molecular weight is 749 g/mol. The summed E-state index contributed by atoms with van der Waals surface area (Å²) in [4.78, 5) is 35.9.